The van der Waals surface area contributed by atoms with Crippen molar-refractivity contribution in [3.63, 3.8) is 0 Å². The van der Waals surface area contributed by atoms with Crippen molar-refractivity contribution in [1.82, 2.24) is 15.2 Å². The Morgan fingerprint density at radius 2 is 2.19 bits per heavy atom. The molecule has 2 rings (SSSR count). The van der Waals surface area contributed by atoms with Crippen molar-refractivity contribution < 1.29 is 4.79 Å². The summed E-state index contributed by atoms with van der Waals surface area (Å²) in [5.74, 6) is 0.315. The molecule has 1 amide bonds. The first-order chi connectivity index (χ1) is 10.0. The number of nitrogens with one attached hydrogen (secondary N) is 2. The molecule has 0 fully saturated rings. The minimum Gasteiger partial charge on any atom is -0.354 e. The molecule has 0 aliphatic heterocycles. The maximum Gasteiger partial charge on any atom is 0.251 e. The molecule has 1 unspecified atom stereocenters. The average Bonchev–Trinajstić information content (AvgIpc) is 2.47. The number of fused-ring (bicyclic) bond motifs is 1. The molecule has 0 saturated carbocycles. The van der Waals surface area contributed by atoms with Crippen molar-refractivity contribution in [2.24, 2.45) is 5.92 Å². The zero-order chi connectivity index (χ0) is 15.4. The normalized spacial score (nSPS) is 17.6. The van der Waals surface area contributed by atoms with Gasteiger partial charge in [-0.15, -0.1) is 0 Å². The summed E-state index contributed by atoms with van der Waals surface area (Å²) in [7, 11) is 1.94. The fourth-order valence-electron chi connectivity index (χ4n) is 2.85. The third-order valence-corrected chi connectivity index (χ3v) is 3.97. The second-order valence-electron chi connectivity index (χ2n) is 6.09. The van der Waals surface area contributed by atoms with Crippen molar-refractivity contribution >= 4 is 5.91 Å². The van der Waals surface area contributed by atoms with Crippen LogP contribution in [0.3, 0.4) is 0 Å². The zero-order valence-electron chi connectivity index (χ0n) is 13.1. The van der Waals surface area contributed by atoms with Gasteiger partial charge in [-0.25, -0.2) is 0 Å². The molecule has 1 aromatic heterocycles. The molecule has 1 aromatic rings. The van der Waals surface area contributed by atoms with Gasteiger partial charge in [-0.1, -0.05) is 19.9 Å². The highest BCUT2D eigenvalue weighted by molar-refractivity contribution is 5.75. The second-order valence-corrected chi connectivity index (χ2v) is 6.09. The Morgan fingerprint density at radius 1 is 1.43 bits per heavy atom. The Hall–Kier alpha value is -1.62. The molecule has 5 heteroatoms. The molecule has 0 radical (unpaired) electrons. The van der Waals surface area contributed by atoms with E-state index in [1.54, 1.807) is 10.6 Å². The van der Waals surface area contributed by atoms with Gasteiger partial charge in [-0.05, 0) is 37.8 Å². The summed E-state index contributed by atoms with van der Waals surface area (Å²) in [5, 5.41) is 6.16. The summed E-state index contributed by atoms with van der Waals surface area (Å²) in [6, 6.07) is 3.75. The first-order valence-electron chi connectivity index (χ1n) is 7.69. The van der Waals surface area contributed by atoms with Gasteiger partial charge < -0.3 is 15.2 Å². The van der Waals surface area contributed by atoms with Crippen molar-refractivity contribution in [3.05, 3.63) is 33.7 Å². The predicted molar refractivity (Wildman–Crippen MR) is 83.3 cm³/mol. The van der Waals surface area contributed by atoms with Crippen LogP contribution in [-0.2, 0) is 17.8 Å². The van der Waals surface area contributed by atoms with Gasteiger partial charge in [-0.3, -0.25) is 9.59 Å². The van der Waals surface area contributed by atoms with Crippen LogP contribution in [0.2, 0.25) is 0 Å². The zero-order valence-corrected chi connectivity index (χ0v) is 13.1. The Bertz CT molecular complexity index is 563. The third kappa shape index (κ3) is 3.73. The van der Waals surface area contributed by atoms with Gasteiger partial charge in [0.15, 0.2) is 0 Å². The molecule has 1 aliphatic rings. The second kappa shape index (κ2) is 6.89. The molecule has 1 heterocycles. The van der Waals surface area contributed by atoms with Crippen LogP contribution in [0.25, 0.3) is 0 Å². The lowest BCUT2D eigenvalue weighted by molar-refractivity contribution is -0.121. The van der Waals surface area contributed by atoms with Gasteiger partial charge in [0.1, 0.15) is 6.54 Å². The van der Waals surface area contributed by atoms with E-state index in [-0.39, 0.29) is 24.1 Å². The molecule has 116 valence electrons. The SMILES string of the molecule is CNC1CCCc2c1ccc(=O)n2CC(=O)NCC(C)C. The van der Waals surface area contributed by atoms with Crippen LogP contribution in [0.4, 0.5) is 0 Å². The van der Waals surface area contributed by atoms with Crippen LogP contribution in [0.15, 0.2) is 16.9 Å². The van der Waals surface area contributed by atoms with E-state index < -0.39 is 0 Å². The van der Waals surface area contributed by atoms with E-state index in [0.717, 1.165) is 30.5 Å². The maximum absolute atomic E-state index is 12.1. The lowest BCUT2D eigenvalue weighted by atomic mass is 9.91. The average molecular weight is 291 g/mol. The predicted octanol–water partition coefficient (Wildman–Crippen LogP) is 1.22. The number of hydrogen-bond donors (Lipinski definition) is 2. The molecule has 5 nitrogen and oxygen atoms in total. The number of aromatic nitrogens is 1. The van der Waals surface area contributed by atoms with Crippen LogP contribution in [0.1, 0.15) is 44.0 Å². The number of pyridine rings is 1. The molecular weight excluding hydrogens is 266 g/mol. The molecule has 1 aliphatic carbocycles. The third-order valence-electron chi connectivity index (χ3n) is 3.97. The van der Waals surface area contributed by atoms with Crippen molar-refractivity contribution in [2.75, 3.05) is 13.6 Å². The first-order valence-corrected chi connectivity index (χ1v) is 7.69. The monoisotopic (exact) mass is 291 g/mol. The first kappa shape index (κ1) is 15.8. The molecular formula is C16H25N3O2. The van der Waals surface area contributed by atoms with E-state index in [1.807, 2.05) is 27.0 Å². The molecule has 0 saturated heterocycles. The Kier molecular flexibility index (Phi) is 5.17. The molecule has 2 N–H and O–H groups in total. The number of nitrogens with zero attached hydrogens (tertiary/aromatic N) is 1. The smallest absolute Gasteiger partial charge is 0.251 e. The fraction of sp³-hybridized carbons (Fsp3) is 0.625. The van der Waals surface area contributed by atoms with E-state index >= 15 is 0 Å². The summed E-state index contributed by atoms with van der Waals surface area (Å²) in [6.45, 7) is 4.86. The maximum atomic E-state index is 12.1. The molecule has 1 atom stereocenters. The minimum atomic E-state index is -0.0924. The highest BCUT2D eigenvalue weighted by Gasteiger charge is 2.22. The largest absolute Gasteiger partial charge is 0.354 e. The van der Waals surface area contributed by atoms with Crippen LogP contribution in [0, 0.1) is 5.92 Å². The van der Waals surface area contributed by atoms with Crippen molar-refractivity contribution in [2.45, 2.75) is 45.7 Å². The Balaban J connectivity index is 2.23. The highest BCUT2D eigenvalue weighted by Crippen LogP contribution is 2.28. The summed E-state index contributed by atoms with van der Waals surface area (Å²) in [6.07, 6.45) is 2.97. The quantitative estimate of drug-likeness (QED) is 0.857. The lowest BCUT2D eigenvalue weighted by Gasteiger charge is -2.27. The molecule has 0 bridgehead atoms. The lowest BCUT2D eigenvalue weighted by Crippen LogP contribution is -2.37. The topological polar surface area (TPSA) is 63.1 Å². The standard InChI is InChI=1S/C16H25N3O2/c1-11(2)9-18-15(20)10-19-14-6-4-5-13(17-3)12(14)7-8-16(19)21/h7-8,11,13,17H,4-6,9-10H2,1-3H3,(H,18,20). The molecule has 0 aromatic carbocycles. The van der Waals surface area contributed by atoms with Crippen LogP contribution in [0.5, 0.6) is 0 Å². The number of carbonyl (C=O) groups is 1. The Labute approximate surface area is 125 Å². The van der Waals surface area contributed by atoms with Gasteiger partial charge in [0.25, 0.3) is 5.56 Å². The van der Waals surface area contributed by atoms with Gasteiger partial charge in [0.2, 0.25) is 5.91 Å². The van der Waals surface area contributed by atoms with E-state index in [4.69, 9.17) is 0 Å². The fourth-order valence-corrected chi connectivity index (χ4v) is 2.85. The number of carbonyl (C=O) groups excluding carboxylic acids is 1. The summed E-state index contributed by atoms with van der Waals surface area (Å²) in [4.78, 5) is 24.1. The van der Waals surface area contributed by atoms with Gasteiger partial charge in [0.05, 0.1) is 0 Å². The van der Waals surface area contributed by atoms with Crippen LogP contribution >= 0.6 is 0 Å². The minimum absolute atomic E-state index is 0.0919. The van der Waals surface area contributed by atoms with E-state index in [2.05, 4.69) is 10.6 Å². The summed E-state index contributed by atoms with van der Waals surface area (Å²) < 4.78 is 1.63. The van der Waals surface area contributed by atoms with E-state index in [0.29, 0.717) is 12.5 Å². The summed E-state index contributed by atoms with van der Waals surface area (Å²) >= 11 is 0. The molecule has 0 spiro atoms. The van der Waals surface area contributed by atoms with E-state index in [1.165, 1.54) is 0 Å². The van der Waals surface area contributed by atoms with E-state index in [9.17, 15) is 9.59 Å². The van der Waals surface area contributed by atoms with Crippen molar-refractivity contribution in [3.8, 4) is 0 Å². The summed E-state index contributed by atoms with van der Waals surface area (Å²) in [5.41, 5.74) is 2.07. The van der Waals surface area contributed by atoms with Crippen LogP contribution in [-0.4, -0.2) is 24.1 Å². The molecule has 21 heavy (non-hydrogen) atoms. The Morgan fingerprint density at radius 3 is 2.86 bits per heavy atom. The van der Waals surface area contributed by atoms with Gasteiger partial charge >= 0.3 is 0 Å². The number of rotatable bonds is 5. The number of amides is 1. The highest BCUT2D eigenvalue weighted by atomic mass is 16.2. The van der Waals surface area contributed by atoms with Gasteiger partial charge in [0, 0.05) is 24.3 Å². The number of hydrogen-bond acceptors (Lipinski definition) is 3. The van der Waals surface area contributed by atoms with Gasteiger partial charge in [-0.2, -0.15) is 0 Å². The van der Waals surface area contributed by atoms with Crippen LogP contribution < -0.4 is 16.2 Å². The van der Waals surface area contributed by atoms with Crippen molar-refractivity contribution in [1.29, 1.82) is 0 Å².